The van der Waals surface area contributed by atoms with E-state index in [0.29, 0.717) is 0 Å². The number of halogens is 1. The quantitative estimate of drug-likeness (QED) is 0.806. The average molecular weight is 300 g/mol. The lowest BCUT2D eigenvalue weighted by atomic mass is 9.99. The van der Waals surface area contributed by atoms with Crippen molar-refractivity contribution in [3.63, 3.8) is 0 Å². The number of oxime groups is 1. The number of aryl methyl sites for hydroxylation is 1. The van der Waals surface area contributed by atoms with Gasteiger partial charge >= 0.3 is 0 Å². The fourth-order valence-corrected chi connectivity index (χ4v) is 2.65. The third-order valence-electron chi connectivity index (χ3n) is 3.81. The van der Waals surface area contributed by atoms with Gasteiger partial charge in [0, 0.05) is 17.9 Å². The van der Waals surface area contributed by atoms with Gasteiger partial charge in [0.1, 0.15) is 6.10 Å². The molecule has 0 fully saturated rings. The van der Waals surface area contributed by atoms with Crippen LogP contribution in [0.3, 0.4) is 0 Å². The van der Waals surface area contributed by atoms with Crippen molar-refractivity contribution in [1.82, 2.24) is 0 Å². The van der Waals surface area contributed by atoms with Gasteiger partial charge in [-0.1, -0.05) is 60.1 Å². The van der Waals surface area contributed by atoms with Gasteiger partial charge in [0.25, 0.3) is 0 Å². The maximum absolute atomic E-state index is 5.91. The molecule has 0 aromatic heterocycles. The van der Waals surface area contributed by atoms with Gasteiger partial charge in [0.15, 0.2) is 0 Å². The average Bonchev–Trinajstić information content (AvgIpc) is 2.97. The lowest BCUT2D eigenvalue weighted by molar-refractivity contribution is 0.0859. The topological polar surface area (TPSA) is 21.6 Å². The molecule has 0 bridgehead atoms. The summed E-state index contributed by atoms with van der Waals surface area (Å²) >= 11 is 5.91. The lowest BCUT2D eigenvalue weighted by Gasteiger charge is -2.08. The minimum Gasteiger partial charge on any atom is -0.391 e. The molecule has 21 heavy (non-hydrogen) atoms. The third-order valence-corrected chi connectivity index (χ3v) is 4.06. The lowest BCUT2D eigenvalue weighted by Crippen LogP contribution is -2.11. The summed E-state index contributed by atoms with van der Waals surface area (Å²) in [5.41, 5.74) is 4.75. The summed E-state index contributed by atoms with van der Waals surface area (Å²) < 4.78 is 0. The molecule has 0 radical (unpaired) electrons. The Bertz CT molecular complexity index is 631. The molecule has 0 saturated heterocycles. The van der Waals surface area contributed by atoms with E-state index in [2.05, 4.69) is 36.3 Å². The molecule has 0 N–H and O–H groups in total. The van der Waals surface area contributed by atoms with E-state index in [-0.39, 0.29) is 6.10 Å². The predicted octanol–water partition coefficient (Wildman–Crippen LogP) is 4.64. The number of nitrogens with zero attached hydrogens (tertiary/aromatic N) is 1. The highest BCUT2D eigenvalue weighted by Crippen LogP contribution is 2.21. The van der Waals surface area contributed by atoms with Gasteiger partial charge in [-0.25, -0.2) is 0 Å². The van der Waals surface area contributed by atoms with Crippen molar-refractivity contribution in [2.75, 3.05) is 0 Å². The maximum Gasteiger partial charge on any atom is 0.137 e. The highest BCUT2D eigenvalue weighted by atomic mass is 35.5. The SMILES string of the molecule is CCc1ccc(CC2CC(c3ccc(Cl)cc3)=NO2)cc1. The Labute approximate surface area is 130 Å². The molecule has 1 aliphatic heterocycles. The number of benzene rings is 2. The highest BCUT2D eigenvalue weighted by Gasteiger charge is 2.22. The standard InChI is InChI=1S/C18H18ClNO/c1-2-13-3-5-14(6-4-13)11-17-12-18(20-21-17)15-7-9-16(19)10-8-15/h3-10,17H,2,11-12H2,1H3. The molecule has 0 amide bonds. The fourth-order valence-electron chi connectivity index (χ4n) is 2.52. The molecular weight excluding hydrogens is 282 g/mol. The van der Waals surface area contributed by atoms with Crippen LogP contribution in [0, 0.1) is 0 Å². The second-order valence-corrected chi connectivity index (χ2v) is 5.79. The van der Waals surface area contributed by atoms with Crippen molar-refractivity contribution in [3.05, 3.63) is 70.2 Å². The Morgan fingerprint density at radius 3 is 2.38 bits per heavy atom. The zero-order chi connectivity index (χ0) is 14.7. The van der Waals surface area contributed by atoms with E-state index in [1.165, 1.54) is 11.1 Å². The second kappa shape index (κ2) is 6.31. The van der Waals surface area contributed by atoms with Gasteiger partial charge in [0.05, 0.1) is 5.71 Å². The Morgan fingerprint density at radius 2 is 1.71 bits per heavy atom. The monoisotopic (exact) mass is 299 g/mol. The molecule has 1 unspecified atom stereocenters. The first kappa shape index (κ1) is 14.2. The van der Waals surface area contributed by atoms with Crippen LogP contribution in [0.4, 0.5) is 0 Å². The number of rotatable bonds is 4. The summed E-state index contributed by atoms with van der Waals surface area (Å²) in [6, 6.07) is 16.5. The van der Waals surface area contributed by atoms with Crippen molar-refractivity contribution in [3.8, 4) is 0 Å². The Hall–Kier alpha value is -1.80. The normalized spacial score (nSPS) is 17.4. The van der Waals surface area contributed by atoms with Crippen molar-refractivity contribution in [2.45, 2.75) is 32.3 Å². The smallest absolute Gasteiger partial charge is 0.137 e. The largest absolute Gasteiger partial charge is 0.391 e. The van der Waals surface area contributed by atoms with Crippen LogP contribution in [0.25, 0.3) is 0 Å². The van der Waals surface area contributed by atoms with Crippen LogP contribution in [-0.4, -0.2) is 11.8 Å². The molecule has 0 aliphatic carbocycles. The minimum absolute atomic E-state index is 0.128. The summed E-state index contributed by atoms with van der Waals surface area (Å²) in [6.45, 7) is 2.17. The molecule has 2 aromatic rings. The molecule has 2 aromatic carbocycles. The van der Waals surface area contributed by atoms with E-state index in [1.54, 1.807) is 0 Å². The number of hydrogen-bond acceptors (Lipinski definition) is 2. The van der Waals surface area contributed by atoms with Gasteiger partial charge < -0.3 is 4.84 Å². The molecular formula is C18H18ClNO. The van der Waals surface area contributed by atoms with Gasteiger partial charge in [-0.05, 0) is 35.2 Å². The van der Waals surface area contributed by atoms with E-state index in [0.717, 1.165) is 35.6 Å². The van der Waals surface area contributed by atoms with E-state index >= 15 is 0 Å². The summed E-state index contributed by atoms with van der Waals surface area (Å²) in [4.78, 5) is 5.57. The van der Waals surface area contributed by atoms with Gasteiger partial charge in [-0.15, -0.1) is 0 Å². The van der Waals surface area contributed by atoms with Crippen molar-refractivity contribution in [2.24, 2.45) is 5.16 Å². The van der Waals surface area contributed by atoms with Crippen LogP contribution in [-0.2, 0) is 17.7 Å². The number of hydrogen-bond donors (Lipinski definition) is 0. The molecule has 1 atom stereocenters. The van der Waals surface area contributed by atoms with Crippen LogP contribution in [0.1, 0.15) is 30.0 Å². The first-order chi connectivity index (χ1) is 10.2. The van der Waals surface area contributed by atoms with Gasteiger partial charge in [-0.3, -0.25) is 0 Å². The molecule has 0 saturated carbocycles. The van der Waals surface area contributed by atoms with E-state index in [1.807, 2.05) is 24.3 Å². The van der Waals surface area contributed by atoms with E-state index in [4.69, 9.17) is 16.4 Å². The minimum atomic E-state index is 0.128. The Balaban J connectivity index is 1.61. The zero-order valence-electron chi connectivity index (χ0n) is 12.1. The third kappa shape index (κ3) is 3.45. The summed E-state index contributed by atoms with van der Waals surface area (Å²) in [5.74, 6) is 0. The summed E-state index contributed by atoms with van der Waals surface area (Å²) in [6.07, 6.45) is 2.94. The van der Waals surface area contributed by atoms with Crippen LogP contribution >= 0.6 is 11.6 Å². The van der Waals surface area contributed by atoms with Crippen molar-refractivity contribution >= 4 is 17.3 Å². The van der Waals surface area contributed by atoms with Crippen LogP contribution in [0.2, 0.25) is 5.02 Å². The second-order valence-electron chi connectivity index (χ2n) is 5.35. The summed E-state index contributed by atoms with van der Waals surface area (Å²) in [7, 11) is 0. The van der Waals surface area contributed by atoms with Crippen LogP contribution in [0.15, 0.2) is 53.7 Å². The fraction of sp³-hybridized carbons (Fsp3) is 0.278. The van der Waals surface area contributed by atoms with Gasteiger partial charge in [-0.2, -0.15) is 0 Å². The Kier molecular flexibility index (Phi) is 4.26. The molecule has 108 valence electrons. The zero-order valence-corrected chi connectivity index (χ0v) is 12.8. The Morgan fingerprint density at radius 1 is 1.05 bits per heavy atom. The van der Waals surface area contributed by atoms with Crippen molar-refractivity contribution < 1.29 is 4.84 Å². The van der Waals surface area contributed by atoms with Crippen molar-refractivity contribution in [1.29, 1.82) is 0 Å². The predicted molar refractivity (Wildman–Crippen MR) is 87.0 cm³/mol. The van der Waals surface area contributed by atoms with Crippen LogP contribution < -0.4 is 0 Å². The molecule has 1 heterocycles. The first-order valence-corrected chi connectivity index (χ1v) is 7.69. The molecule has 1 aliphatic rings. The van der Waals surface area contributed by atoms with E-state index in [9.17, 15) is 0 Å². The van der Waals surface area contributed by atoms with E-state index < -0.39 is 0 Å². The molecule has 3 rings (SSSR count). The molecule has 3 heteroatoms. The maximum atomic E-state index is 5.91. The van der Waals surface area contributed by atoms with Gasteiger partial charge in [0.2, 0.25) is 0 Å². The first-order valence-electron chi connectivity index (χ1n) is 7.31. The summed E-state index contributed by atoms with van der Waals surface area (Å²) in [5, 5.41) is 4.96. The molecule has 0 spiro atoms. The molecule has 2 nitrogen and oxygen atoms in total. The van der Waals surface area contributed by atoms with Crippen LogP contribution in [0.5, 0.6) is 0 Å². The highest BCUT2D eigenvalue weighted by molar-refractivity contribution is 6.30.